The van der Waals surface area contributed by atoms with E-state index in [2.05, 4.69) is 4.90 Å². The van der Waals surface area contributed by atoms with Crippen LogP contribution in [0.1, 0.15) is 6.92 Å². The van der Waals surface area contributed by atoms with Gasteiger partial charge in [-0.2, -0.15) is 0 Å². The SMILES string of the molecule is C[C@@H]([CH]C=O)CN(C)C. The average molecular weight is 128 g/mol. The largest absolute Gasteiger partial charge is 0.309 e. The molecule has 1 atom stereocenters. The summed E-state index contributed by atoms with van der Waals surface area (Å²) in [5.74, 6) is 0.373. The Balaban J connectivity index is 3.25. The van der Waals surface area contributed by atoms with E-state index in [9.17, 15) is 4.79 Å². The molecule has 0 aliphatic heterocycles. The van der Waals surface area contributed by atoms with Crippen LogP contribution in [-0.4, -0.2) is 31.8 Å². The highest BCUT2D eigenvalue weighted by molar-refractivity contribution is 5.61. The molecular weight excluding hydrogens is 114 g/mol. The molecule has 0 aromatic rings. The molecule has 0 aromatic heterocycles. The van der Waals surface area contributed by atoms with Gasteiger partial charge in [0.15, 0.2) is 0 Å². The summed E-state index contributed by atoms with van der Waals surface area (Å²) in [6, 6.07) is 0. The maximum Gasteiger partial charge on any atom is 0.124 e. The van der Waals surface area contributed by atoms with Gasteiger partial charge in [0, 0.05) is 13.0 Å². The Morgan fingerprint density at radius 2 is 2.11 bits per heavy atom. The molecule has 0 saturated heterocycles. The van der Waals surface area contributed by atoms with Crippen molar-refractivity contribution in [2.45, 2.75) is 6.92 Å². The number of carbonyl (C=O) groups is 1. The Morgan fingerprint density at radius 3 is 2.44 bits per heavy atom. The standard InChI is InChI=1S/C7H14NO/c1-7(4-5-9)6-8(2)3/h4-5,7H,6H2,1-3H3/t7-/m0/s1. The smallest absolute Gasteiger partial charge is 0.124 e. The van der Waals surface area contributed by atoms with E-state index in [0.717, 1.165) is 12.8 Å². The van der Waals surface area contributed by atoms with Crippen LogP contribution < -0.4 is 0 Å². The normalized spacial score (nSPS) is 13.8. The number of aldehydes is 1. The quantitative estimate of drug-likeness (QED) is 0.516. The minimum Gasteiger partial charge on any atom is -0.309 e. The van der Waals surface area contributed by atoms with Crippen LogP contribution >= 0.6 is 0 Å². The van der Waals surface area contributed by atoms with E-state index in [4.69, 9.17) is 0 Å². The summed E-state index contributed by atoms with van der Waals surface area (Å²) >= 11 is 0. The Bertz CT molecular complexity index is 81.0. The van der Waals surface area contributed by atoms with Crippen molar-refractivity contribution in [1.29, 1.82) is 0 Å². The Labute approximate surface area is 56.9 Å². The first-order valence-electron chi connectivity index (χ1n) is 3.10. The molecule has 0 aromatic carbocycles. The van der Waals surface area contributed by atoms with Gasteiger partial charge in [-0.3, -0.25) is 0 Å². The molecular formula is C7H14NO. The molecule has 0 aliphatic carbocycles. The lowest BCUT2D eigenvalue weighted by atomic mass is 10.1. The first kappa shape index (κ1) is 8.63. The maximum atomic E-state index is 9.92. The van der Waals surface area contributed by atoms with Gasteiger partial charge in [-0.1, -0.05) is 6.92 Å². The van der Waals surface area contributed by atoms with Gasteiger partial charge in [-0.05, 0) is 20.0 Å². The number of rotatable bonds is 4. The van der Waals surface area contributed by atoms with Crippen LogP contribution in [0, 0.1) is 12.3 Å². The van der Waals surface area contributed by atoms with Gasteiger partial charge < -0.3 is 9.69 Å². The summed E-state index contributed by atoms with van der Waals surface area (Å²) in [5.41, 5.74) is 0. The summed E-state index contributed by atoms with van der Waals surface area (Å²) in [5, 5.41) is 0. The molecule has 0 spiro atoms. The van der Waals surface area contributed by atoms with Crippen LogP contribution in [0.25, 0.3) is 0 Å². The van der Waals surface area contributed by atoms with Crippen LogP contribution in [0.3, 0.4) is 0 Å². The lowest BCUT2D eigenvalue weighted by Gasteiger charge is -2.13. The molecule has 0 amide bonds. The fourth-order valence-electron chi connectivity index (χ4n) is 0.771. The van der Waals surface area contributed by atoms with Crippen molar-refractivity contribution in [3.8, 4) is 0 Å². The third kappa shape index (κ3) is 5.50. The van der Waals surface area contributed by atoms with Gasteiger partial charge in [0.25, 0.3) is 0 Å². The second-order valence-corrected chi connectivity index (χ2v) is 2.57. The molecule has 2 heteroatoms. The van der Waals surface area contributed by atoms with Crippen molar-refractivity contribution in [1.82, 2.24) is 4.90 Å². The fraction of sp³-hybridized carbons (Fsp3) is 0.714. The van der Waals surface area contributed by atoms with Gasteiger partial charge in [0.05, 0.1) is 0 Å². The number of carbonyl (C=O) groups excluding carboxylic acids is 1. The lowest BCUT2D eigenvalue weighted by molar-refractivity contribution is -0.105. The van der Waals surface area contributed by atoms with Gasteiger partial charge in [0.1, 0.15) is 6.29 Å². The molecule has 0 N–H and O–H groups in total. The van der Waals surface area contributed by atoms with Crippen LogP contribution in [-0.2, 0) is 4.79 Å². The fourth-order valence-corrected chi connectivity index (χ4v) is 0.771. The van der Waals surface area contributed by atoms with Crippen LogP contribution in [0.4, 0.5) is 0 Å². The predicted molar refractivity (Wildman–Crippen MR) is 38.1 cm³/mol. The van der Waals surface area contributed by atoms with Crippen molar-refractivity contribution >= 4 is 6.29 Å². The molecule has 9 heavy (non-hydrogen) atoms. The van der Waals surface area contributed by atoms with Crippen molar-refractivity contribution in [2.24, 2.45) is 5.92 Å². The van der Waals surface area contributed by atoms with E-state index in [-0.39, 0.29) is 0 Å². The number of nitrogens with zero attached hydrogens (tertiary/aromatic N) is 1. The van der Waals surface area contributed by atoms with Gasteiger partial charge in [-0.15, -0.1) is 0 Å². The average Bonchev–Trinajstić information content (AvgIpc) is 1.63. The zero-order valence-corrected chi connectivity index (χ0v) is 6.29. The van der Waals surface area contributed by atoms with E-state index < -0.39 is 0 Å². The molecule has 0 fully saturated rings. The third-order valence-electron chi connectivity index (χ3n) is 1.06. The van der Waals surface area contributed by atoms with E-state index >= 15 is 0 Å². The molecule has 0 rings (SSSR count). The summed E-state index contributed by atoms with van der Waals surface area (Å²) in [6.07, 6.45) is 2.52. The van der Waals surface area contributed by atoms with Crippen molar-refractivity contribution in [3.63, 3.8) is 0 Å². The minimum absolute atomic E-state index is 0.373. The third-order valence-corrected chi connectivity index (χ3v) is 1.06. The zero-order chi connectivity index (χ0) is 7.28. The topological polar surface area (TPSA) is 20.3 Å². The van der Waals surface area contributed by atoms with Crippen molar-refractivity contribution in [3.05, 3.63) is 6.42 Å². The molecule has 0 heterocycles. The zero-order valence-electron chi connectivity index (χ0n) is 6.29. The van der Waals surface area contributed by atoms with Crippen LogP contribution in [0.2, 0.25) is 0 Å². The Morgan fingerprint density at radius 1 is 1.56 bits per heavy atom. The van der Waals surface area contributed by atoms with E-state index in [0.29, 0.717) is 5.92 Å². The number of hydrogen-bond acceptors (Lipinski definition) is 2. The molecule has 53 valence electrons. The monoisotopic (exact) mass is 128 g/mol. The lowest BCUT2D eigenvalue weighted by Crippen LogP contribution is -2.20. The van der Waals surface area contributed by atoms with Gasteiger partial charge in [-0.25, -0.2) is 0 Å². The van der Waals surface area contributed by atoms with Crippen molar-refractivity contribution in [2.75, 3.05) is 20.6 Å². The highest BCUT2D eigenvalue weighted by Crippen LogP contribution is 1.97. The van der Waals surface area contributed by atoms with Gasteiger partial charge in [0.2, 0.25) is 0 Å². The molecule has 1 radical (unpaired) electrons. The minimum atomic E-state index is 0.373. The summed E-state index contributed by atoms with van der Waals surface area (Å²) < 4.78 is 0. The second kappa shape index (κ2) is 4.50. The van der Waals surface area contributed by atoms with E-state index in [1.165, 1.54) is 0 Å². The first-order chi connectivity index (χ1) is 4.16. The molecule has 0 aliphatic rings. The maximum absolute atomic E-state index is 9.92. The second-order valence-electron chi connectivity index (χ2n) is 2.57. The van der Waals surface area contributed by atoms with Crippen molar-refractivity contribution < 1.29 is 4.79 Å². The van der Waals surface area contributed by atoms with Gasteiger partial charge >= 0.3 is 0 Å². The molecule has 0 saturated carbocycles. The highest BCUT2D eigenvalue weighted by atomic mass is 16.1. The van der Waals surface area contributed by atoms with E-state index in [1.54, 1.807) is 6.42 Å². The first-order valence-corrected chi connectivity index (χ1v) is 3.10. The molecule has 2 nitrogen and oxygen atoms in total. The Hall–Kier alpha value is -0.370. The molecule has 0 bridgehead atoms. The summed E-state index contributed by atoms with van der Waals surface area (Å²) in [6.45, 7) is 2.97. The highest BCUT2D eigenvalue weighted by Gasteiger charge is 2.00. The van der Waals surface area contributed by atoms with E-state index in [1.807, 2.05) is 21.0 Å². The molecule has 0 unspecified atom stereocenters. The predicted octanol–water partition coefficient (Wildman–Crippen LogP) is 0.587. The van der Waals surface area contributed by atoms with Crippen LogP contribution in [0.5, 0.6) is 0 Å². The summed E-state index contributed by atoms with van der Waals surface area (Å²) in [4.78, 5) is 12.0. The summed E-state index contributed by atoms with van der Waals surface area (Å²) in [7, 11) is 3.99. The number of hydrogen-bond donors (Lipinski definition) is 0. The Kier molecular flexibility index (Phi) is 4.32. The van der Waals surface area contributed by atoms with Crippen LogP contribution in [0.15, 0.2) is 0 Å².